The third-order valence-electron chi connectivity index (χ3n) is 3.81. The molecule has 0 radical (unpaired) electrons. The number of hydrogen-bond donors (Lipinski definition) is 4. The van der Waals surface area contributed by atoms with Gasteiger partial charge in [0, 0.05) is 6.42 Å². The van der Waals surface area contributed by atoms with Crippen molar-refractivity contribution in [2.24, 2.45) is 0 Å². The van der Waals surface area contributed by atoms with Crippen LogP contribution in [-0.4, -0.2) is 63.8 Å². The van der Waals surface area contributed by atoms with Crippen LogP contribution in [0.15, 0.2) is 0 Å². The van der Waals surface area contributed by atoms with E-state index in [1.165, 1.54) is 6.92 Å². The van der Waals surface area contributed by atoms with Gasteiger partial charge < -0.3 is 29.5 Å². The van der Waals surface area contributed by atoms with Crippen molar-refractivity contribution < 1.29 is 34.0 Å². The maximum atomic E-state index is 11.8. The largest absolute Gasteiger partial charge is 0.388 e. The first-order valence-corrected chi connectivity index (χ1v) is 8.40. The summed E-state index contributed by atoms with van der Waals surface area (Å²) < 4.78 is 22.5. The van der Waals surface area contributed by atoms with E-state index in [1.54, 1.807) is 21.7 Å². The third-order valence-corrected chi connectivity index (χ3v) is 5.45. The summed E-state index contributed by atoms with van der Waals surface area (Å²) in [5, 5.41) is 28.8. The normalized spacial score (nSPS) is 38.1. The Kier molecular flexibility index (Phi) is 5.83. The lowest BCUT2D eigenvalue weighted by molar-refractivity contribution is -0.0395. The molecule has 4 N–H and O–H groups in total. The second kappa shape index (κ2) is 6.44. The molecular formula is C11H24BO7P. The molecule has 7 atom stereocenters. The van der Waals surface area contributed by atoms with Crippen molar-refractivity contribution >= 4 is 15.4 Å². The molecule has 1 aliphatic rings. The fraction of sp³-hybridized carbons (Fsp3) is 1.00. The van der Waals surface area contributed by atoms with E-state index in [4.69, 9.17) is 9.26 Å². The standard InChI is InChI=1S/C11H24BO7P/c1-4-11(3,19-20(16,17)6(2)13)5-7-8(14)9(15)10(12)18-7/h6-10,13-15H,4-5,12H2,1-3H3,(H,16,17)/t6?,7-,8?,9+,10-,11-/m1/s1. The summed E-state index contributed by atoms with van der Waals surface area (Å²) in [6, 6.07) is -0.506. The lowest BCUT2D eigenvalue weighted by Crippen LogP contribution is -2.39. The Morgan fingerprint density at radius 1 is 1.45 bits per heavy atom. The van der Waals surface area contributed by atoms with Crippen LogP contribution >= 0.6 is 7.60 Å². The highest BCUT2D eigenvalue weighted by molar-refractivity contribution is 7.53. The molecule has 0 aliphatic carbocycles. The average Bonchev–Trinajstić information content (AvgIpc) is 2.56. The third kappa shape index (κ3) is 4.04. The first-order valence-electron chi connectivity index (χ1n) is 6.75. The molecule has 1 saturated heterocycles. The molecule has 1 rings (SSSR count). The SMILES string of the molecule is B[C@@H]1O[C@H](C[C@@](C)(CC)OP(=O)(O)C(C)O)C(O)[C@@H]1O. The van der Waals surface area contributed by atoms with E-state index in [0.717, 1.165) is 0 Å². The van der Waals surface area contributed by atoms with E-state index in [-0.39, 0.29) is 6.42 Å². The molecule has 9 heteroatoms. The van der Waals surface area contributed by atoms with Crippen molar-refractivity contribution in [3.63, 3.8) is 0 Å². The van der Waals surface area contributed by atoms with E-state index < -0.39 is 43.4 Å². The molecule has 1 fully saturated rings. The van der Waals surface area contributed by atoms with Gasteiger partial charge in [0.2, 0.25) is 0 Å². The highest BCUT2D eigenvalue weighted by Gasteiger charge is 2.45. The first-order chi connectivity index (χ1) is 9.02. The van der Waals surface area contributed by atoms with Crippen LogP contribution in [0.3, 0.4) is 0 Å². The fourth-order valence-electron chi connectivity index (χ4n) is 2.17. The quantitative estimate of drug-likeness (QED) is 0.373. The summed E-state index contributed by atoms with van der Waals surface area (Å²) in [6.07, 6.45) is -2.20. The second-order valence-electron chi connectivity index (χ2n) is 5.66. The van der Waals surface area contributed by atoms with E-state index in [1.807, 2.05) is 0 Å². The number of ether oxygens (including phenoxy) is 1. The van der Waals surface area contributed by atoms with Crippen LogP contribution in [0, 0.1) is 0 Å². The summed E-state index contributed by atoms with van der Waals surface area (Å²) in [7, 11) is -2.51. The van der Waals surface area contributed by atoms with Gasteiger partial charge in [-0.05, 0) is 20.3 Å². The lowest BCUT2D eigenvalue weighted by Gasteiger charge is -2.34. The maximum absolute atomic E-state index is 11.8. The predicted molar refractivity (Wildman–Crippen MR) is 75.1 cm³/mol. The van der Waals surface area contributed by atoms with Crippen LogP contribution in [0.1, 0.15) is 33.6 Å². The van der Waals surface area contributed by atoms with Crippen molar-refractivity contribution in [2.75, 3.05) is 0 Å². The average molecular weight is 310 g/mol. The van der Waals surface area contributed by atoms with Crippen molar-refractivity contribution in [1.82, 2.24) is 0 Å². The molecule has 3 unspecified atom stereocenters. The smallest absolute Gasteiger partial charge is 0.356 e. The van der Waals surface area contributed by atoms with E-state index in [2.05, 4.69) is 0 Å². The zero-order chi connectivity index (χ0) is 15.7. The van der Waals surface area contributed by atoms with Gasteiger partial charge >= 0.3 is 7.60 Å². The fourth-order valence-corrected chi connectivity index (χ4v) is 3.15. The van der Waals surface area contributed by atoms with Gasteiger partial charge in [0.05, 0.1) is 17.7 Å². The molecule has 1 heterocycles. The van der Waals surface area contributed by atoms with Crippen molar-refractivity contribution in [2.45, 2.75) is 69.4 Å². The molecule has 0 amide bonds. The minimum absolute atomic E-state index is 0.142. The Morgan fingerprint density at radius 2 is 2.00 bits per heavy atom. The number of aliphatic hydroxyl groups excluding tert-OH is 3. The van der Waals surface area contributed by atoms with Crippen molar-refractivity contribution in [3.8, 4) is 0 Å². The first kappa shape index (κ1) is 18.1. The van der Waals surface area contributed by atoms with Crippen LogP contribution in [0.25, 0.3) is 0 Å². The topological polar surface area (TPSA) is 116 Å². The van der Waals surface area contributed by atoms with Gasteiger partial charge in [-0.2, -0.15) is 0 Å². The molecule has 7 nitrogen and oxygen atoms in total. The van der Waals surface area contributed by atoms with Crippen LogP contribution < -0.4 is 0 Å². The molecule has 0 aromatic heterocycles. The van der Waals surface area contributed by atoms with E-state index in [9.17, 15) is 24.8 Å². The Labute approximate surface area is 119 Å². The zero-order valence-corrected chi connectivity index (χ0v) is 13.2. The van der Waals surface area contributed by atoms with Crippen molar-refractivity contribution in [1.29, 1.82) is 0 Å². The van der Waals surface area contributed by atoms with Gasteiger partial charge in [0.1, 0.15) is 20.1 Å². The van der Waals surface area contributed by atoms with Crippen LogP contribution in [-0.2, 0) is 13.8 Å². The maximum Gasteiger partial charge on any atom is 0.356 e. The lowest BCUT2D eigenvalue weighted by atomic mass is 9.90. The van der Waals surface area contributed by atoms with Crippen LogP contribution in [0.2, 0.25) is 0 Å². The Morgan fingerprint density at radius 3 is 2.35 bits per heavy atom. The summed E-state index contributed by atoms with van der Waals surface area (Å²) in [5.74, 6) is -1.49. The van der Waals surface area contributed by atoms with Gasteiger partial charge in [-0.15, -0.1) is 0 Å². The predicted octanol–water partition coefficient (Wildman–Crippen LogP) is -0.835. The molecule has 1 aliphatic heterocycles. The Balaban J connectivity index is 2.78. The molecule has 118 valence electrons. The van der Waals surface area contributed by atoms with Gasteiger partial charge in [-0.3, -0.25) is 4.57 Å². The minimum atomic E-state index is -4.15. The minimum Gasteiger partial charge on any atom is -0.388 e. The Bertz CT molecular complexity index is 380. The summed E-state index contributed by atoms with van der Waals surface area (Å²) in [5.41, 5.74) is -1.04. The summed E-state index contributed by atoms with van der Waals surface area (Å²) in [4.78, 5) is 9.63. The molecule has 20 heavy (non-hydrogen) atoms. The molecular weight excluding hydrogens is 286 g/mol. The van der Waals surface area contributed by atoms with Crippen LogP contribution in [0.4, 0.5) is 0 Å². The molecule has 0 aromatic carbocycles. The Hall–Kier alpha value is 0.0549. The van der Waals surface area contributed by atoms with Crippen LogP contribution in [0.5, 0.6) is 0 Å². The second-order valence-corrected chi connectivity index (χ2v) is 7.71. The van der Waals surface area contributed by atoms with Gasteiger partial charge in [0.15, 0.2) is 5.85 Å². The van der Waals surface area contributed by atoms with E-state index in [0.29, 0.717) is 6.42 Å². The number of aliphatic hydroxyl groups is 3. The van der Waals surface area contributed by atoms with Gasteiger partial charge in [-0.1, -0.05) is 6.92 Å². The number of hydrogen-bond acceptors (Lipinski definition) is 6. The molecule has 0 saturated carbocycles. The summed E-state index contributed by atoms with van der Waals surface area (Å²) >= 11 is 0. The monoisotopic (exact) mass is 310 g/mol. The molecule has 0 aromatic rings. The summed E-state index contributed by atoms with van der Waals surface area (Å²) in [6.45, 7) is 4.57. The molecule has 0 spiro atoms. The highest BCUT2D eigenvalue weighted by atomic mass is 31.2. The highest BCUT2D eigenvalue weighted by Crippen LogP contribution is 2.51. The van der Waals surface area contributed by atoms with Gasteiger partial charge in [-0.25, -0.2) is 0 Å². The van der Waals surface area contributed by atoms with E-state index >= 15 is 0 Å². The van der Waals surface area contributed by atoms with Crippen molar-refractivity contribution in [3.05, 3.63) is 0 Å². The zero-order valence-electron chi connectivity index (χ0n) is 12.3. The van der Waals surface area contributed by atoms with Gasteiger partial charge in [0.25, 0.3) is 0 Å². The molecule has 0 bridgehead atoms. The number of rotatable bonds is 6.